The molecule has 0 aromatic heterocycles. The number of nitrogens with one attached hydrogen (secondary N) is 1. The number of hydrogen-bond donors (Lipinski definition) is 1. The van der Waals surface area contributed by atoms with Crippen molar-refractivity contribution in [1.82, 2.24) is 0 Å². The Labute approximate surface area is 112 Å². The van der Waals surface area contributed by atoms with Gasteiger partial charge in [0.25, 0.3) is 0 Å². The van der Waals surface area contributed by atoms with Crippen molar-refractivity contribution in [1.29, 1.82) is 5.26 Å². The highest BCUT2D eigenvalue weighted by molar-refractivity contribution is 6.16. The third kappa shape index (κ3) is 2.21. The van der Waals surface area contributed by atoms with Crippen LogP contribution in [0.5, 0.6) is 0 Å². The van der Waals surface area contributed by atoms with Crippen LogP contribution >= 0.6 is 0 Å². The van der Waals surface area contributed by atoms with Crippen LogP contribution in [0.2, 0.25) is 0 Å². The number of anilines is 1. The van der Waals surface area contributed by atoms with Crippen molar-refractivity contribution >= 4 is 11.4 Å². The van der Waals surface area contributed by atoms with Crippen molar-refractivity contribution in [2.24, 2.45) is 4.99 Å². The number of rotatable bonds is 1. The topological polar surface area (TPSA) is 48.2 Å². The first-order valence-corrected chi connectivity index (χ1v) is 6.27. The molecule has 2 aromatic carbocycles. The molecular formula is C16H13N3. The Balaban J connectivity index is 2.17. The van der Waals surface area contributed by atoms with Crippen LogP contribution < -0.4 is 5.32 Å². The normalized spacial score (nSPS) is 13.5. The van der Waals surface area contributed by atoms with Crippen LogP contribution in [0.1, 0.15) is 16.7 Å². The summed E-state index contributed by atoms with van der Waals surface area (Å²) in [6, 6.07) is 18.0. The van der Waals surface area contributed by atoms with Gasteiger partial charge in [0, 0.05) is 23.4 Å². The molecule has 0 unspecified atom stereocenters. The lowest BCUT2D eigenvalue weighted by atomic mass is 9.99. The highest BCUT2D eigenvalue weighted by Gasteiger charge is 2.14. The van der Waals surface area contributed by atoms with E-state index < -0.39 is 0 Å². The lowest BCUT2D eigenvalue weighted by molar-refractivity contribution is 1.04. The summed E-state index contributed by atoms with van der Waals surface area (Å²) < 4.78 is 0. The number of nitriles is 1. The Morgan fingerprint density at radius 1 is 1.11 bits per heavy atom. The van der Waals surface area contributed by atoms with Gasteiger partial charge in [0.05, 0.1) is 23.9 Å². The standard InChI is InChI=1S/C16H13N3/c17-11-12-6-7-15-14(10-12)16(19-9-8-18-15)13-4-2-1-3-5-13/h1-7,10,18H,8-9H2. The SMILES string of the molecule is N#Cc1ccc2c(c1)C(c1ccccc1)=NCCN2. The Bertz CT molecular complexity index is 666. The number of benzodiazepines with no additional fused rings is 1. The molecular weight excluding hydrogens is 234 g/mol. The quantitative estimate of drug-likeness (QED) is 0.842. The van der Waals surface area contributed by atoms with E-state index in [4.69, 9.17) is 5.26 Å². The van der Waals surface area contributed by atoms with Gasteiger partial charge >= 0.3 is 0 Å². The Morgan fingerprint density at radius 2 is 1.95 bits per heavy atom. The van der Waals surface area contributed by atoms with Crippen LogP contribution in [0.3, 0.4) is 0 Å². The minimum atomic E-state index is 0.658. The molecule has 3 nitrogen and oxygen atoms in total. The molecule has 3 rings (SSSR count). The van der Waals surface area contributed by atoms with Gasteiger partial charge in [-0.2, -0.15) is 5.26 Å². The predicted molar refractivity (Wildman–Crippen MR) is 76.6 cm³/mol. The van der Waals surface area contributed by atoms with Crippen LogP contribution in [0.4, 0.5) is 5.69 Å². The van der Waals surface area contributed by atoms with Gasteiger partial charge in [0.1, 0.15) is 0 Å². The van der Waals surface area contributed by atoms with E-state index in [1.165, 1.54) is 0 Å². The predicted octanol–water partition coefficient (Wildman–Crippen LogP) is 2.82. The summed E-state index contributed by atoms with van der Waals surface area (Å²) in [5.41, 5.74) is 4.74. The molecule has 0 saturated carbocycles. The van der Waals surface area contributed by atoms with Gasteiger partial charge in [-0.25, -0.2) is 0 Å². The second-order valence-corrected chi connectivity index (χ2v) is 4.40. The maximum Gasteiger partial charge on any atom is 0.0991 e. The minimum absolute atomic E-state index is 0.658. The fraction of sp³-hybridized carbons (Fsp3) is 0.125. The monoisotopic (exact) mass is 247 g/mol. The molecule has 0 radical (unpaired) electrons. The van der Waals surface area contributed by atoms with E-state index in [2.05, 4.69) is 16.4 Å². The highest BCUT2D eigenvalue weighted by Crippen LogP contribution is 2.23. The lowest BCUT2D eigenvalue weighted by Gasteiger charge is -2.10. The van der Waals surface area contributed by atoms with Crippen molar-refractivity contribution in [2.75, 3.05) is 18.4 Å². The van der Waals surface area contributed by atoms with Gasteiger partial charge in [-0.05, 0) is 18.2 Å². The zero-order valence-corrected chi connectivity index (χ0v) is 10.4. The molecule has 3 heteroatoms. The van der Waals surface area contributed by atoms with Gasteiger partial charge in [-0.15, -0.1) is 0 Å². The second kappa shape index (κ2) is 4.95. The molecule has 19 heavy (non-hydrogen) atoms. The molecule has 0 atom stereocenters. The van der Waals surface area contributed by atoms with Crippen LogP contribution in [0, 0.1) is 11.3 Å². The lowest BCUT2D eigenvalue weighted by Crippen LogP contribution is -2.05. The number of nitrogens with zero attached hydrogens (tertiary/aromatic N) is 2. The zero-order chi connectivity index (χ0) is 13.1. The first-order valence-electron chi connectivity index (χ1n) is 6.27. The smallest absolute Gasteiger partial charge is 0.0991 e. The molecule has 1 aliphatic heterocycles. The molecule has 92 valence electrons. The molecule has 0 aliphatic carbocycles. The Kier molecular flexibility index (Phi) is 2.99. The van der Waals surface area contributed by atoms with E-state index in [-0.39, 0.29) is 0 Å². The molecule has 0 fully saturated rings. The Morgan fingerprint density at radius 3 is 2.74 bits per heavy atom. The van der Waals surface area contributed by atoms with Gasteiger partial charge in [0.15, 0.2) is 0 Å². The van der Waals surface area contributed by atoms with Crippen molar-refractivity contribution in [2.45, 2.75) is 0 Å². The molecule has 2 aromatic rings. The van der Waals surface area contributed by atoms with E-state index >= 15 is 0 Å². The summed E-state index contributed by atoms with van der Waals surface area (Å²) in [6.45, 7) is 1.55. The first kappa shape index (κ1) is 11.5. The van der Waals surface area contributed by atoms with Gasteiger partial charge in [0.2, 0.25) is 0 Å². The van der Waals surface area contributed by atoms with Crippen molar-refractivity contribution in [3.63, 3.8) is 0 Å². The third-order valence-corrected chi connectivity index (χ3v) is 3.15. The van der Waals surface area contributed by atoms with E-state index in [0.717, 1.165) is 35.6 Å². The third-order valence-electron chi connectivity index (χ3n) is 3.15. The summed E-state index contributed by atoms with van der Waals surface area (Å²) in [6.07, 6.45) is 0. The summed E-state index contributed by atoms with van der Waals surface area (Å²) in [7, 11) is 0. The van der Waals surface area contributed by atoms with E-state index in [1.807, 2.05) is 48.5 Å². The Hall–Kier alpha value is -2.60. The fourth-order valence-electron chi connectivity index (χ4n) is 2.25. The van der Waals surface area contributed by atoms with E-state index in [0.29, 0.717) is 5.56 Å². The van der Waals surface area contributed by atoms with Crippen molar-refractivity contribution in [3.05, 3.63) is 65.2 Å². The fourth-order valence-corrected chi connectivity index (χ4v) is 2.25. The average molecular weight is 247 g/mol. The summed E-state index contributed by atoms with van der Waals surface area (Å²) in [5.74, 6) is 0. The summed E-state index contributed by atoms with van der Waals surface area (Å²) in [4.78, 5) is 4.65. The van der Waals surface area contributed by atoms with Crippen molar-refractivity contribution < 1.29 is 0 Å². The van der Waals surface area contributed by atoms with Gasteiger partial charge in [-0.1, -0.05) is 30.3 Å². The first-order chi connectivity index (χ1) is 9.38. The molecule has 1 heterocycles. The average Bonchev–Trinajstić information content (AvgIpc) is 2.69. The minimum Gasteiger partial charge on any atom is -0.383 e. The molecule has 0 bridgehead atoms. The van der Waals surface area contributed by atoms with E-state index in [1.54, 1.807) is 0 Å². The van der Waals surface area contributed by atoms with Crippen LogP contribution in [-0.2, 0) is 0 Å². The van der Waals surface area contributed by atoms with Crippen LogP contribution in [0.15, 0.2) is 53.5 Å². The summed E-state index contributed by atoms with van der Waals surface area (Å²) >= 11 is 0. The summed E-state index contributed by atoms with van der Waals surface area (Å²) in [5, 5.41) is 12.4. The molecule has 1 aliphatic rings. The van der Waals surface area contributed by atoms with Gasteiger partial charge in [-0.3, -0.25) is 4.99 Å². The van der Waals surface area contributed by atoms with Crippen LogP contribution in [-0.4, -0.2) is 18.8 Å². The number of hydrogen-bond acceptors (Lipinski definition) is 3. The largest absolute Gasteiger partial charge is 0.383 e. The second-order valence-electron chi connectivity index (χ2n) is 4.40. The maximum absolute atomic E-state index is 9.06. The maximum atomic E-state index is 9.06. The molecule has 0 amide bonds. The van der Waals surface area contributed by atoms with Crippen LogP contribution in [0.25, 0.3) is 0 Å². The zero-order valence-electron chi connectivity index (χ0n) is 10.4. The van der Waals surface area contributed by atoms with Gasteiger partial charge < -0.3 is 5.32 Å². The highest BCUT2D eigenvalue weighted by atomic mass is 14.9. The number of benzene rings is 2. The molecule has 0 spiro atoms. The van der Waals surface area contributed by atoms with Crippen molar-refractivity contribution in [3.8, 4) is 6.07 Å². The number of fused-ring (bicyclic) bond motifs is 1. The molecule has 1 N–H and O–H groups in total. The molecule has 0 saturated heterocycles. The van der Waals surface area contributed by atoms with E-state index in [9.17, 15) is 0 Å². The number of aliphatic imine (C=N–C) groups is 1.